The predicted octanol–water partition coefficient (Wildman–Crippen LogP) is 0.382. The lowest BCUT2D eigenvalue weighted by Crippen LogP contribution is -2.23. The lowest BCUT2D eigenvalue weighted by molar-refractivity contribution is 0.0949. The Morgan fingerprint density at radius 3 is 3.00 bits per heavy atom. The minimum atomic E-state index is -0.125. The van der Waals surface area contributed by atoms with Gasteiger partial charge in [0.1, 0.15) is 0 Å². The number of hydrogen-bond donors (Lipinski definition) is 2. The molecule has 0 aromatic carbocycles. The normalized spacial score (nSPS) is 10.4. The number of nitrogens with zero attached hydrogens (tertiary/aromatic N) is 3. The van der Waals surface area contributed by atoms with Crippen molar-refractivity contribution in [3.05, 3.63) is 35.4 Å². The highest BCUT2D eigenvalue weighted by molar-refractivity contribution is 5.94. The van der Waals surface area contributed by atoms with Crippen LogP contribution in [0.2, 0.25) is 0 Å². The number of amides is 1. The Bertz CT molecular complexity index is 485. The van der Waals surface area contributed by atoms with Crippen molar-refractivity contribution >= 4 is 5.91 Å². The molecule has 2 aromatic rings. The molecule has 0 saturated carbocycles. The van der Waals surface area contributed by atoms with Gasteiger partial charge >= 0.3 is 0 Å². The van der Waals surface area contributed by atoms with Gasteiger partial charge in [0.15, 0.2) is 0 Å². The van der Waals surface area contributed by atoms with Crippen molar-refractivity contribution in [2.75, 3.05) is 0 Å². The van der Waals surface area contributed by atoms with E-state index in [1.165, 1.54) is 0 Å². The summed E-state index contributed by atoms with van der Waals surface area (Å²) < 4.78 is 1.67. The van der Waals surface area contributed by atoms with Crippen molar-refractivity contribution in [2.45, 2.75) is 13.5 Å². The molecule has 0 aliphatic rings. The number of rotatable bonds is 3. The largest absolute Gasteiger partial charge is 0.346 e. The van der Waals surface area contributed by atoms with Gasteiger partial charge in [-0.3, -0.25) is 14.6 Å². The summed E-state index contributed by atoms with van der Waals surface area (Å²) in [6.07, 6.45) is 3.22. The number of aryl methyl sites for hydroxylation is 1. The van der Waals surface area contributed by atoms with Crippen molar-refractivity contribution in [1.82, 2.24) is 25.3 Å². The maximum atomic E-state index is 11.8. The van der Waals surface area contributed by atoms with Crippen LogP contribution >= 0.6 is 0 Å². The van der Waals surface area contributed by atoms with E-state index in [4.69, 9.17) is 0 Å². The molecule has 6 heteroatoms. The second-order valence-electron chi connectivity index (χ2n) is 3.53. The fraction of sp³-hybridized carbons (Fsp3) is 0.300. The third-order valence-electron chi connectivity index (χ3n) is 2.48. The lowest BCUT2D eigenvalue weighted by Gasteiger charge is -2.02. The van der Waals surface area contributed by atoms with Crippen molar-refractivity contribution in [3.63, 3.8) is 0 Å². The monoisotopic (exact) mass is 219 g/mol. The van der Waals surface area contributed by atoms with E-state index >= 15 is 0 Å². The van der Waals surface area contributed by atoms with Crippen LogP contribution in [0, 0.1) is 6.92 Å². The molecule has 2 heterocycles. The first-order valence-corrected chi connectivity index (χ1v) is 4.93. The summed E-state index contributed by atoms with van der Waals surface area (Å²) in [6, 6.07) is 1.82. The van der Waals surface area contributed by atoms with Gasteiger partial charge in [-0.25, -0.2) is 0 Å². The molecule has 1 amide bonds. The van der Waals surface area contributed by atoms with Crippen LogP contribution in [0.4, 0.5) is 0 Å². The minimum absolute atomic E-state index is 0.125. The minimum Gasteiger partial charge on any atom is -0.346 e. The van der Waals surface area contributed by atoms with Crippen molar-refractivity contribution < 1.29 is 4.79 Å². The Balaban J connectivity index is 2.01. The Morgan fingerprint density at radius 1 is 1.62 bits per heavy atom. The number of carbonyl (C=O) groups excluding carboxylic acids is 1. The van der Waals surface area contributed by atoms with E-state index in [1.54, 1.807) is 24.1 Å². The van der Waals surface area contributed by atoms with Gasteiger partial charge in [0, 0.05) is 18.9 Å². The van der Waals surface area contributed by atoms with Gasteiger partial charge in [-0.15, -0.1) is 0 Å². The summed E-state index contributed by atoms with van der Waals surface area (Å²) in [5.41, 5.74) is 2.32. The van der Waals surface area contributed by atoms with Crippen LogP contribution < -0.4 is 5.32 Å². The van der Waals surface area contributed by atoms with Crippen molar-refractivity contribution in [1.29, 1.82) is 0 Å². The molecule has 0 aliphatic heterocycles. The van der Waals surface area contributed by atoms with Crippen LogP contribution in [0.1, 0.15) is 21.7 Å². The zero-order chi connectivity index (χ0) is 11.5. The third kappa shape index (κ3) is 1.95. The zero-order valence-corrected chi connectivity index (χ0v) is 9.19. The van der Waals surface area contributed by atoms with E-state index in [-0.39, 0.29) is 5.91 Å². The SMILES string of the molecule is Cc1c(C(=O)NCc2ccn[nH]2)cnn1C. The molecular formula is C10H13N5O. The number of hydrogen-bond acceptors (Lipinski definition) is 3. The summed E-state index contributed by atoms with van der Waals surface area (Å²) in [5.74, 6) is -0.125. The maximum absolute atomic E-state index is 11.8. The molecule has 0 unspecified atom stereocenters. The molecule has 0 aliphatic carbocycles. The maximum Gasteiger partial charge on any atom is 0.255 e. The van der Waals surface area contributed by atoms with Crippen LogP contribution in [0.3, 0.4) is 0 Å². The number of carbonyl (C=O) groups is 1. The first-order chi connectivity index (χ1) is 7.68. The summed E-state index contributed by atoms with van der Waals surface area (Å²) in [7, 11) is 1.81. The zero-order valence-electron chi connectivity index (χ0n) is 9.19. The number of aromatic nitrogens is 4. The number of aromatic amines is 1. The standard InChI is InChI=1S/C10H13N5O/c1-7-9(6-13-15(7)2)10(16)11-5-8-3-4-12-14-8/h3-4,6H,5H2,1-2H3,(H,11,16)(H,12,14). The van der Waals surface area contributed by atoms with Crippen LogP contribution in [0.25, 0.3) is 0 Å². The highest BCUT2D eigenvalue weighted by Crippen LogP contribution is 2.05. The van der Waals surface area contributed by atoms with E-state index in [9.17, 15) is 4.79 Å². The van der Waals surface area contributed by atoms with Crippen LogP contribution in [-0.2, 0) is 13.6 Å². The van der Waals surface area contributed by atoms with Crippen LogP contribution in [0.15, 0.2) is 18.5 Å². The van der Waals surface area contributed by atoms with Gasteiger partial charge in [0.2, 0.25) is 0 Å². The Morgan fingerprint density at radius 2 is 2.44 bits per heavy atom. The summed E-state index contributed by atoms with van der Waals surface area (Å²) in [4.78, 5) is 11.8. The van der Waals surface area contributed by atoms with Gasteiger partial charge < -0.3 is 5.32 Å². The van der Waals surface area contributed by atoms with E-state index in [0.29, 0.717) is 12.1 Å². The fourth-order valence-corrected chi connectivity index (χ4v) is 1.38. The molecule has 2 N–H and O–H groups in total. The quantitative estimate of drug-likeness (QED) is 0.783. The highest BCUT2D eigenvalue weighted by atomic mass is 16.1. The van der Waals surface area contributed by atoms with E-state index < -0.39 is 0 Å². The first kappa shape index (κ1) is 10.4. The molecule has 0 atom stereocenters. The van der Waals surface area contributed by atoms with E-state index in [2.05, 4.69) is 20.6 Å². The van der Waals surface area contributed by atoms with Crippen molar-refractivity contribution in [3.8, 4) is 0 Å². The predicted molar refractivity (Wildman–Crippen MR) is 57.7 cm³/mol. The lowest BCUT2D eigenvalue weighted by atomic mass is 10.2. The molecule has 2 aromatic heterocycles. The molecule has 0 radical (unpaired) electrons. The Hall–Kier alpha value is -2.11. The second kappa shape index (κ2) is 4.18. The van der Waals surface area contributed by atoms with Gasteiger partial charge in [0.05, 0.1) is 24.0 Å². The average Bonchev–Trinajstić information content (AvgIpc) is 2.88. The summed E-state index contributed by atoms with van der Waals surface area (Å²) >= 11 is 0. The third-order valence-corrected chi connectivity index (χ3v) is 2.48. The van der Waals surface area contributed by atoms with Gasteiger partial charge in [-0.1, -0.05) is 0 Å². The van der Waals surface area contributed by atoms with Gasteiger partial charge in [-0.05, 0) is 13.0 Å². The van der Waals surface area contributed by atoms with E-state index in [1.807, 2.05) is 13.0 Å². The topological polar surface area (TPSA) is 75.6 Å². The fourth-order valence-electron chi connectivity index (χ4n) is 1.38. The molecule has 0 saturated heterocycles. The van der Waals surface area contributed by atoms with Gasteiger partial charge in [-0.2, -0.15) is 10.2 Å². The summed E-state index contributed by atoms with van der Waals surface area (Å²) in [5, 5.41) is 13.4. The smallest absolute Gasteiger partial charge is 0.255 e. The van der Waals surface area contributed by atoms with Crippen LogP contribution in [0.5, 0.6) is 0 Å². The second-order valence-corrected chi connectivity index (χ2v) is 3.53. The number of H-pyrrole nitrogens is 1. The van der Waals surface area contributed by atoms with E-state index in [0.717, 1.165) is 11.4 Å². The molecule has 0 bridgehead atoms. The Kier molecular flexibility index (Phi) is 2.72. The molecule has 0 fully saturated rings. The van der Waals surface area contributed by atoms with Crippen LogP contribution in [-0.4, -0.2) is 25.9 Å². The molecule has 16 heavy (non-hydrogen) atoms. The van der Waals surface area contributed by atoms with Crippen molar-refractivity contribution in [2.24, 2.45) is 7.05 Å². The highest BCUT2D eigenvalue weighted by Gasteiger charge is 2.12. The number of nitrogens with one attached hydrogen (secondary N) is 2. The molecular weight excluding hydrogens is 206 g/mol. The average molecular weight is 219 g/mol. The molecule has 84 valence electrons. The van der Waals surface area contributed by atoms with Gasteiger partial charge in [0.25, 0.3) is 5.91 Å². The molecule has 6 nitrogen and oxygen atoms in total. The first-order valence-electron chi connectivity index (χ1n) is 4.93. The molecule has 2 rings (SSSR count). The Labute approximate surface area is 92.7 Å². The summed E-state index contributed by atoms with van der Waals surface area (Å²) in [6.45, 7) is 2.30. The molecule has 0 spiro atoms.